The second-order valence-electron chi connectivity index (χ2n) is 7.60. The van der Waals surface area contributed by atoms with Crippen LogP contribution in [0.15, 0.2) is 29.4 Å². The second kappa shape index (κ2) is 8.74. The van der Waals surface area contributed by atoms with E-state index in [-0.39, 0.29) is 5.91 Å². The molecule has 0 unspecified atom stereocenters. The highest BCUT2D eigenvalue weighted by Gasteiger charge is 2.32. The second-order valence-corrected chi connectivity index (χ2v) is 8.98. The molecule has 1 amide bonds. The number of carbonyl (C=O) groups excluding carboxylic acids is 1. The average molecular weight is 420 g/mol. The van der Waals surface area contributed by atoms with Crippen LogP contribution in [0.2, 0.25) is 5.02 Å². The number of thioether (sulfide) groups is 1. The summed E-state index contributed by atoms with van der Waals surface area (Å²) in [6.45, 7) is 2.65. The number of amides is 1. The van der Waals surface area contributed by atoms with Crippen LogP contribution in [0.5, 0.6) is 0 Å². The molecule has 1 aromatic heterocycles. The number of nitrogens with zero attached hydrogens (tertiary/aromatic N) is 5. The van der Waals surface area contributed by atoms with Crippen molar-refractivity contribution < 1.29 is 4.79 Å². The summed E-state index contributed by atoms with van der Waals surface area (Å²) in [7, 11) is 1.83. The van der Waals surface area contributed by atoms with Gasteiger partial charge >= 0.3 is 0 Å². The van der Waals surface area contributed by atoms with Crippen LogP contribution < -0.4 is 4.90 Å². The first kappa shape index (κ1) is 19.6. The van der Waals surface area contributed by atoms with Crippen molar-refractivity contribution in [3.63, 3.8) is 0 Å². The lowest BCUT2D eigenvalue weighted by molar-refractivity contribution is -0.127. The van der Waals surface area contributed by atoms with Gasteiger partial charge in [-0.2, -0.15) is 0 Å². The molecular formula is C20H26ClN5OS. The maximum atomic E-state index is 12.6. The predicted molar refractivity (Wildman–Crippen MR) is 113 cm³/mol. The van der Waals surface area contributed by atoms with Crippen molar-refractivity contribution in [2.75, 3.05) is 30.8 Å². The van der Waals surface area contributed by atoms with Crippen molar-refractivity contribution >= 4 is 35.2 Å². The normalized spacial score (nSPS) is 17.0. The average Bonchev–Trinajstić information content (AvgIpc) is 3.45. The Morgan fingerprint density at radius 3 is 2.75 bits per heavy atom. The van der Waals surface area contributed by atoms with Gasteiger partial charge in [0, 0.05) is 37.7 Å². The number of anilines is 1. The van der Waals surface area contributed by atoms with Gasteiger partial charge in [-0.3, -0.25) is 9.36 Å². The minimum Gasteiger partial charge on any atom is -0.341 e. The number of hydrogen-bond donors (Lipinski definition) is 0. The highest BCUT2D eigenvalue weighted by Crippen LogP contribution is 2.41. The molecule has 8 heteroatoms. The van der Waals surface area contributed by atoms with E-state index in [1.807, 2.05) is 31.3 Å². The summed E-state index contributed by atoms with van der Waals surface area (Å²) in [5.74, 6) is 1.43. The molecule has 0 atom stereocenters. The molecule has 1 saturated carbocycles. The van der Waals surface area contributed by atoms with Crippen molar-refractivity contribution in [2.24, 2.45) is 0 Å². The first-order chi connectivity index (χ1) is 13.6. The predicted octanol–water partition coefficient (Wildman–Crippen LogP) is 4.01. The van der Waals surface area contributed by atoms with Crippen LogP contribution in [-0.2, 0) is 11.3 Å². The van der Waals surface area contributed by atoms with Gasteiger partial charge in [-0.05, 0) is 49.8 Å². The molecule has 0 N–H and O–H groups in total. The third kappa shape index (κ3) is 4.63. The van der Waals surface area contributed by atoms with E-state index in [1.54, 1.807) is 4.90 Å². The van der Waals surface area contributed by atoms with Crippen molar-refractivity contribution in [3.05, 3.63) is 34.9 Å². The standard InChI is InChI=1S/C20H26ClN5OS/c1-24(13-15-6-5-7-16(21)12-15)18(27)14-28-20-23-22-19(26(20)17-8-9-17)25-10-3-2-4-11-25/h5-7,12,17H,2-4,8-11,13-14H2,1H3. The maximum absolute atomic E-state index is 12.6. The van der Waals surface area contributed by atoms with Crippen LogP contribution in [0.25, 0.3) is 0 Å². The number of rotatable bonds is 7. The molecule has 0 bridgehead atoms. The van der Waals surface area contributed by atoms with Crippen LogP contribution in [0, 0.1) is 0 Å². The van der Waals surface area contributed by atoms with E-state index < -0.39 is 0 Å². The molecule has 28 heavy (non-hydrogen) atoms. The zero-order valence-electron chi connectivity index (χ0n) is 16.2. The molecule has 2 aromatic rings. The van der Waals surface area contributed by atoms with Crippen LogP contribution in [0.1, 0.15) is 43.7 Å². The molecule has 0 spiro atoms. The lowest BCUT2D eigenvalue weighted by Crippen LogP contribution is -2.32. The van der Waals surface area contributed by atoms with Crippen LogP contribution >= 0.6 is 23.4 Å². The van der Waals surface area contributed by atoms with Gasteiger partial charge < -0.3 is 9.80 Å². The van der Waals surface area contributed by atoms with Crippen LogP contribution in [0.3, 0.4) is 0 Å². The third-order valence-electron chi connectivity index (χ3n) is 5.26. The van der Waals surface area contributed by atoms with E-state index in [1.165, 1.54) is 43.9 Å². The lowest BCUT2D eigenvalue weighted by Gasteiger charge is -2.27. The Kier molecular flexibility index (Phi) is 6.11. The minimum absolute atomic E-state index is 0.0786. The summed E-state index contributed by atoms with van der Waals surface area (Å²) < 4.78 is 2.26. The highest BCUT2D eigenvalue weighted by atomic mass is 35.5. The molecule has 150 valence electrons. The Morgan fingerprint density at radius 2 is 2.04 bits per heavy atom. The number of carbonyl (C=O) groups is 1. The third-order valence-corrected chi connectivity index (χ3v) is 6.42. The summed E-state index contributed by atoms with van der Waals surface area (Å²) in [6, 6.07) is 8.12. The number of aromatic nitrogens is 3. The molecule has 4 rings (SSSR count). The number of hydrogen-bond acceptors (Lipinski definition) is 5. The minimum atomic E-state index is 0.0786. The molecule has 1 aliphatic carbocycles. The van der Waals surface area contributed by atoms with Crippen molar-refractivity contribution in [3.8, 4) is 0 Å². The molecule has 0 radical (unpaired) electrons. The van der Waals surface area contributed by atoms with E-state index in [0.29, 0.717) is 23.4 Å². The molecule has 1 saturated heterocycles. The summed E-state index contributed by atoms with van der Waals surface area (Å²) in [4.78, 5) is 16.7. The SMILES string of the molecule is CN(Cc1cccc(Cl)c1)C(=O)CSc1nnc(N2CCCCC2)n1C1CC1. The van der Waals surface area contributed by atoms with E-state index in [4.69, 9.17) is 11.6 Å². The van der Waals surface area contributed by atoms with E-state index in [9.17, 15) is 4.79 Å². The van der Waals surface area contributed by atoms with Crippen molar-refractivity contribution in [2.45, 2.75) is 49.8 Å². The van der Waals surface area contributed by atoms with Gasteiger partial charge in [0.1, 0.15) is 0 Å². The van der Waals surface area contributed by atoms with Gasteiger partial charge in [-0.1, -0.05) is 35.5 Å². The van der Waals surface area contributed by atoms with Crippen LogP contribution in [-0.4, -0.2) is 51.5 Å². The topological polar surface area (TPSA) is 54.3 Å². The quantitative estimate of drug-likeness (QED) is 0.634. The van der Waals surface area contributed by atoms with Crippen molar-refractivity contribution in [1.82, 2.24) is 19.7 Å². The Morgan fingerprint density at radius 1 is 1.25 bits per heavy atom. The van der Waals surface area contributed by atoms with Crippen molar-refractivity contribution in [1.29, 1.82) is 0 Å². The van der Waals surface area contributed by atoms with Gasteiger partial charge in [0.05, 0.1) is 5.75 Å². The summed E-state index contributed by atoms with van der Waals surface area (Å²) in [6.07, 6.45) is 6.08. The first-order valence-corrected chi connectivity index (χ1v) is 11.3. The molecule has 2 heterocycles. The van der Waals surface area contributed by atoms with Gasteiger partial charge in [0.25, 0.3) is 0 Å². The zero-order chi connectivity index (χ0) is 19.5. The van der Waals surface area contributed by atoms with E-state index in [2.05, 4.69) is 19.7 Å². The largest absolute Gasteiger partial charge is 0.341 e. The lowest BCUT2D eigenvalue weighted by atomic mass is 10.1. The Hall–Kier alpha value is -1.73. The first-order valence-electron chi connectivity index (χ1n) is 9.93. The Bertz CT molecular complexity index is 832. The highest BCUT2D eigenvalue weighted by molar-refractivity contribution is 7.99. The molecular weight excluding hydrogens is 394 g/mol. The van der Waals surface area contributed by atoms with Gasteiger partial charge in [-0.25, -0.2) is 0 Å². The van der Waals surface area contributed by atoms with E-state index >= 15 is 0 Å². The number of halogens is 1. The number of piperidine rings is 1. The molecule has 2 fully saturated rings. The van der Waals surface area contributed by atoms with Gasteiger partial charge in [-0.15, -0.1) is 10.2 Å². The van der Waals surface area contributed by atoms with Gasteiger partial charge in [0.2, 0.25) is 11.9 Å². The fourth-order valence-electron chi connectivity index (χ4n) is 3.56. The summed E-state index contributed by atoms with van der Waals surface area (Å²) >= 11 is 7.53. The smallest absolute Gasteiger partial charge is 0.233 e. The Labute approximate surface area is 175 Å². The molecule has 6 nitrogen and oxygen atoms in total. The molecule has 1 aliphatic heterocycles. The fourth-order valence-corrected chi connectivity index (χ4v) is 4.72. The van der Waals surface area contributed by atoms with Gasteiger partial charge in [0.15, 0.2) is 5.16 Å². The maximum Gasteiger partial charge on any atom is 0.233 e. The summed E-state index contributed by atoms with van der Waals surface area (Å²) in [5.41, 5.74) is 1.03. The molecule has 1 aromatic carbocycles. The summed E-state index contributed by atoms with van der Waals surface area (Å²) in [5, 5.41) is 10.5. The monoisotopic (exact) mass is 419 g/mol. The fraction of sp³-hybridized carbons (Fsp3) is 0.550. The van der Waals surface area contributed by atoms with E-state index in [0.717, 1.165) is 29.8 Å². The zero-order valence-corrected chi connectivity index (χ0v) is 17.8. The number of benzene rings is 1. The Balaban J connectivity index is 1.39. The molecule has 2 aliphatic rings. The van der Waals surface area contributed by atoms with Crippen LogP contribution in [0.4, 0.5) is 5.95 Å².